The van der Waals surface area contributed by atoms with Crippen LogP contribution in [0, 0.1) is 5.92 Å². The van der Waals surface area contributed by atoms with Gasteiger partial charge < -0.3 is 19.4 Å². The van der Waals surface area contributed by atoms with E-state index in [4.69, 9.17) is 4.74 Å². The first-order chi connectivity index (χ1) is 12.9. The summed E-state index contributed by atoms with van der Waals surface area (Å²) in [6.07, 6.45) is 2.18. The maximum atomic E-state index is 13.4. The monoisotopic (exact) mass is 398 g/mol. The normalized spacial score (nSPS) is 20.1. The molecule has 2 amide bonds. The van der Waals surface area contributed by atoms with Crippen LogP contribution < -0.4 is 0 Å². The molecular weight excluding hydrogens is 356 g/mol. The summed E-state index contributed by atoms with van der Waals surface area (Å²) in [4.78, 5) is 33.9. The number of likely N-dealkylation sites (tertiary alicyclic amines) is 1. The largest absolute Gasteiger partial charge is 0.444 e. The first-order valence-corrected chi connectivity index (χ1v) is 10.5. The standard InChI is InChI=1S/C21H42N4O3/c1-17-15-18(25(16-17)20(27)28-21(2,3)4)19(26)24(13-9-11-22(5)6)14-10-12-23(7)8/h17-18H,9-16H2,1-8H3/t17-,18-/m0/s1. The molecule has 0 aromatic rings. The predicted octanol–water partition coefficient (Wildman–Crippen LogP) is 2.36. The van der Waals surface area contributed by atoms with Crippen LogP contribution in [0.5, 0.6) is 0 Å². The zero-order valence-electron chi connectivity index (χ0n) is 19.3. The van der Waals surface area contributed by atoms with E-state index in [-0.39, 0.29) is 12.0 Å². The van der Waals surface area contributed by atoms with Gasteiger partial charge in [-0.2, -0.15) is 0 Å². The van der Waals surface area contributed by atoms with Gasteiger partial charge in [-0.25, -0.2) is 4.79 Å². The Bertz CT molecular complexity index is 488. The Morgan fingerprint density at radius 2 is 1.46 bits per heavy atom. The van der Waals surface area contributed by atoms with E-state index in [1.807, 2.05) is 53.9 Å². The van der Waals surface area contributed by atoms with Gasteiger partial charge in [0.2, 0.25) is 5.91 Å². The van der Waals surface area contributed by atoms with Crippen molar-refractivity contribution in [2.75, 3.05) is 60.9 Å². The maximum absolute atomic E-state index is 13.4. The number of amides is 2. The molecule has 1 saturated heterocycles. The van der Waals surface area contributed by atoms with Gasteiger partial charge in [-0.3, -0.25) is 9.69 Å². The first kappa shape index (κ1) is 24.7. The highest BCUT2D eigenvalue weighted by atomic mass is 16.6. The minimum atomic E-state index is -0.562. The molecule has 0 aromatic heterocycles. The average Bonchev–Trinajstić information content (AvgIpc) is 2.92. The van der Waals surface area contributed by atoms with Crippen molar-refractivity contribution in [3.8, 4) is 0 Å². The lowest BCUT2D eigenvalue weighted by Gasteiger charge is -2.32. The van der Waals surface area contributed by atoms with Gasteiger partial charge in [0.15, 0.2) is 0 Å². The third kappa shape index (κ3) is 8.78. The number of carbonyl (C=O) groups is 2. The summed E-state index contributed by atoms with van der Waals surface area (Å²) in [6, 6.07) is -0.413. The van der Waals surface area contributed by atoms with Crippen LogP contribution in [0.1, 0.15) is 47.0 Å². The first-order valence-electron chi connectivity index (χ1n) is 10.5. The Morgan fingerprint density at radius 1 is 0.964 bits per heavy atom. The van der Waals surface area contributed by atoms with Gasteiger partial charge in [-0.05, 0) is 87.2 Å². The van der Waals surface area contributed by atoms with Crippen LogP contribution in [0.2, 0.25) is 0 Å². The van der Waals surface area contributed by atoms with Crippen LogP contribution in [0.25, 0.3) is 0 Å². The molecule has 1 heterocycles. The summed E-state index contributed by atoms with van der Waals surface area (Å²) in [5.41, 5.74) is -0.562. The van der Waals surface area contributed by atoms with Crippen molar-refractivity contribution >= 4 is 12.0 Å². The summed E-state index contributed by atoms with van der Waals surface area (Å²) in [7, 11) is 8.17. The molecule has 28 heavy (non-hydrogen) atoms. The van der Waals surface area contributed by atoms with E-state index in [1.165, 1.54) is 0 Å². The Morgan fingerprint density at radius 3 is 1.89 bits per heavy atom. The van der Waals surface area contributed by atoms with Gasteiger partial charge >= 0.3 is 6.09 Å². The van der Waals surface area contributed by atoms with Gasteiger partial charge in [0.05, 0.1) is 0 Å². The molecule has 0 aromatic carbocycles. The molecule has 1 fully saturated rings. The summed E-state index contributed by atoms with van der Waals surface area (Å²) in [6.45, 7) is 11.6. The number of hydrogen-bond acceptors (Lipinski definition) is 5. The highest BCUT2D eigenvalue weighted by molar-refractivity contribution is 5.86. The molecular formula is C21H42N4O3. The Kier molecular flexibility index (Phi) is 9.70. The smallest absolute Gasteiger partial charge is 0.410 e. The molecule has 0 spiro atoms. The van der Waals surface area contributed by atoms with E-state index in [0.29, 0.717) is 18.9 Å². The highest BCUT2D eigenvalue weighted by Crippen LogP contribution is 2.26. The van der Waals surface area contributed by atoms with Crippen molar-refractivity contribution < 1.29 is 14.3 Å². The van der Waals surface area contributed by atoms with Gasteiger partial charge in [-0.15, -0.1) is 0 Å². The van der Waals surface area contributed by atoms with Gasteiger partial charge in [0, 0.05) is 19.6 Å². The molecule has 7 nitrogen and oxygen atoms in total. The molecule has 1 aliphatic rings. The second-order valence-electron chi connectivity index (χ2n) is 9.63. The third-order valence-electron chi connectivity index (χ3n) is 4.80. The lowest BCUT2D eigenvalue weighted by atomic mass is 10.1. The molecule has 1 aliphatic heterocycles. The zero-order valence-corrected chi connectivity index (χ0v) is 19.3. The fourth-order valence-electron chi connectivity index (χ4n) is 3.50. The molecule has 2 atom stereocenters. The molecule has 0 aliphatic carbocycles. The fraction of sp³-hybridized carbons (Fsp3) is 0.905. The van der Waals surface area contributed by atoms with Crippen molar-refractivity contribution in [1.82, 2.24) is 19.6 Å². The fourth-order valence-corrected chi connectivity index (χ4v) is 3.50. The molecule has 0 unspecified atom stereocenters. The van der Waals surface area contributed by atoms with Crippen LogP contribution in [0.4, 0.5) is 4.79 Å². The minimum Gasteiger partial charge on any atom is -0.444 e. The lowest BCUT2D eigenvalue weighted by molar-refractivity contribution is -0.136. The van der Waals surface area contributed by atoms with Gasteiger partial charge in [0.25, 0.3) is 0 Å². The SMILES string of the molecule is C[C@H]1C[C@@H](C(=O)N(CCCN(C)C)CCCN(C)C)N(C(=O)OC(C)(C)C)C1. The number of rotatable bonds is 9. The van der Waals surface area contributed by atoms with E-state index >= 15 is 0 Å². The molecule has 0 bridgehead atoms. The second-order valence-corrected chi connectivity index (χ2v) is 9.63. The van der Waals surface area contributed by atoms with E-state index in [1.54, 1.807) is 4.90 Å². The quantitative estimate of drug-likeness (QED) is 0.597. The van der Waals surface area contributed by atoms with E-state index in [9.17, 15) is 9.59 Å². The van der Waals surface area contributed by atoms with Gasteiger partial charge in [-0.1, -0.05) is 6.92 Å². The number of carbonyl (C=O) groups excluding carboxylic acids is 2. The Labute approximate surface area is 172 Å². The molecule has 0 N–H and O–H groups in total. The third-order valence-corrected chi connectivity index (χ3v) is 4.80. The van der Waals surface area contributed by atoms with Gasteiger partial charge in [0.1, 0.15) is 11.6 Å². The Hall–Kier alpha value is -1.34. The Balaban J connectivity index is 2.84. The highest BCUT2D eigenvalue weighted by Gasteiger charge is 2.41. The summed E-state index contributed by atoms with van der Waals surface area (Å²) < 4.78 is 5.56. The van der Waals surface area contributed by atoms with Crippen molar-refractivity contribution in [2.24, 2.45) is 5.92 Å². The van der Waals surface area contributed by atoms with Crippen LogP contribution in [-0.4, -0.2) is 104 Å². The van der Waals surface area contributed by atoms with Crippen molar-refractivity contribution in [3.63, 3.8) is 0 Å². The number of ether oxygens (including phenoxy) is 1. The lowest BCUT2D eigenvalue weighted by Crippen LogP contribution is -2.50. The topological polar surface area (TPSA) is 56.3 Å². The molecule has 7 heteroatoms. The molecule has 164 valence electrons. The minimum absolute atomic E-state index is 0.0627. The van der Waals surface area contributed by atoms with E-state index in [2.05, 4.69) is 16.7 Å². The summed E-state index contributed by atoms with van der Waals surface area (Å²) >= 11 is 0. The number of hydrogen-bond donors (Lipinski definition) is 0. The molecule has 0 saturated carbocycles. The second kappa shape index (κ2) is 11.0. The summed E-state index contributed by atoms with van der Waals surface area (Å²) in [5, 5.41) is 0. The molecule has 1 rings (SSSR count). The maximum Gasteiger partial charge on any atom is 0.410 e. The van der Waals surface area contributed by atoms with Crippen molar-refractivity contribution in [1.29, 1.82) is 0 Å². The zero-order chi connectivity index (χ0) is 21.5. The molecule has 0 radical (unpaired) electrons. The van der Waals surface area contributed by atoms with Crippen molar-refractivity contribution in [3.05, 3.63) is 0 Å². The van der Waals surface area contributed by atoms with Crippen molar-refractivity contribution in [2.45, 2.75) is 58.6 Å². The average molecular weight is 399 g/mol. The summed E-state index contributed by atoms with van der Waals surface area (Å²) in [5.74, 6) is 0.361. The van der Waals surface area contributed by atoms with Crippen LogP contribution >= 0.6 is 0 Å². The van der Waals surface area contributed by atoms with Crippen LogP contribution in [0.3, 0.4) is 0 Å². The van der Waals surface area contributed by atoms with Crippen LogP contribution in [0.15, 0.2) is 0 Å². The van der Waals surface area contributed by atoms with E-state index < -0.39 is 11.6 Å². The number of nitrogens with zero attached hydrogens (tertiary/aromatic N) is 4. The van der Waals surface area contributed by atoms with E-state index in [0.717, 1.165) is 39.0 Å². The predicted molar refractivity (Wildman–Crippen MR) is 113 cm³/mol. The van der Waals surface area contributed by atoms with Crippen LogP contribution in [-0.2, 0) is 9.53 Å².